The van der Waals surface area contributed by atoms with Crippen molar-refractivity contribution >= 4 is 22.1 Å². The Kier molecular flexibility index (Phi) is 3.11. The molecule has 0 spiro atoms. The summed E-state index contributed by atoms with van der Waals surface area (Å²) in [5, 5.41) is 10.4. The molecule has 1 saturated heterocycles. The number of nitro benzene ring substituents is 1. The van der Waals surface area contributed by atoms with Crippen LogP contribution in [-0.2, 0) is 10.7 Å². The SMILES string of the molecule is O=[N+]([O-])c1ccc(N=S2CCCC2)cc1. The lowest BCUT2D eigenvalue weighted by molar-refractivity contribution is -0.384. The third-order valence-corrected chi connectivity index (χ3v) is 4.29. The van der Waals surface area contributed by atoms with Gasteiger partial charge in [-0.2, -0.15) is 0 Å². The summed E-state index contributed by atoms with van der Waals surface area (Å²) in [6, 6.07) is 6.48. The molecular weight excluding hydrogens is 212 g/mol. The van der Waals surface area contributed by atoms with Gasteiger partial charge in [0.05, 0.1) is 10.6 Å². The lowest BCUT2D eigenvalue weighted by Crippen LogP contribution is -1.88. The molecule has 0 atom stereocenters. The summed E-state index contributed by atoms with van der Waals surface area (Å²) in [7, 11) is 0.160. The standard InChI is InChI=1S/C10H12N2O2S/c13-12(14)10-5-3-9(4-6-10)11-15-7-1-2-8-15/h3-6H,1-2,7-8H2. The number of benzene rings is 1. The van der Waals surface area contributed by atoms with Crippen molar-refractivity contribution in [1.29, 1.82) is 0 Å². The fourth-order valence-corrected chi connectivity index (χ4v) is 3.40. The Labute approximate surface area is 90.6 Å². The molecule has 80 valence electrons. The van der Waals surface area contributed by atoms with Crippen LogP contribution in [0.15, 0.2) is 28.6 Å². The lowest BCUT2D eigenvalue weighted by atomic mass is 10.3. The molecule has 1 aliphatic rings. The fraction of sp³-hybridized carbons (Fsp3) is 0.400. The lowest BCUT2D eigenvalue weighted by Gasteiger charge is -1.97. The first kappa shape index (κ1) is 10.3. The molecule has 15 heavy (non-hydrogen) atoms. The summed E-state index contributed by atoms with van der Waals surface area (Å²) in [4.78, 5) is 10.0. The van der Waals surface area contributed by atoms with E-state index in [0.717, 1.165) is 5.69 Å². The number of nitro groups is 1. The van der Waals surface area contributed by atoms with Crippen LogP contribution in [0.5, 0.6) is 0 Å². The van der Waals surface area contributed by atoms with Crippen molar-refractivity contribution in [2.45, 2.75) is 12.8 Å². The number of hydrogen-bond acceptors (Lipinski definition) is 3. The predicted octanol–water partition coefficient (Wildman–Crippen LogP) is 2.82. The second kappa shape index (κ2) is 4.53. The van der Waals surface area contributed by atoms with Crippen molar-refractivity contribution in [3.8, 4) is 0 Å². The number of hydrogen-bond donors (Lipinski definition) is 0. The van der Waals surface area contributed by atoms with Gasteiger partial charge in [-0.3, -0.25) is 10.1 Å². The van der Waals surface area contributed by atoms with Crippen molar-refractivity contribution in [2.75, 3.05) is 11.5 Å². The molecule has 1 aromatic carbocycles. The molecule has 0 amide bonds. The second-order valence-electron chi connectivity index (χ2n) is 3.44. The highest BCUT2D eigenvalue weighted by Crippen LogP contribution is 2.20. The Hall–Kier alpha value is -1.23. The Morgan fingerprint density at radius 1 is 1.20 bits per heavy atom. The largest absolute Gasteiger partial charge is 0.269 e. The van der Waals surface area contributed by atoms with Crippen LogP contribution in [0.25, 0.3) is 0 Å². The third-order valence-electron chi connectivity index (χ3n) is 2.30. The van der Waals surface area contributed by atoms with E-state index in [1.54, 1.807) is 12.1 Å². The minimum atomic E-state index is -0.387. The molecule has 0 unspecified atom stereocenters. The molecule has 2 rings (SSSR count). The van der Waals surface area contributed by atoms with Gasteiger partial charge in [-0.1, -0.05) is 10.7 Å². The van der Waals surface area contributed by atoms with Gasteiger partial charge in [0, 0.05) is 23.6 Å². The summed E-state index contributed by atoms with van der Waals surface area (Å²) in [5.74, 6) is 2.36. The average Bonchev–Trinajstić information content (AvgIpc) is 2.71. The van der Waals surface area contributed by atoms with E-state index in [2.05, 4.69) is 4.36 Å². The first-order chi connectivity index (χ1) is 7.25. The summed E-state index contributed by atoms with van der Waals surface area (Å²) < 4.78 is 4.56. The Bertz CT molecular complexity index is 392. The summed E-state index contributed by atoms with van der Waals surface area (Å²) in [6.45, 7) is 0. The zero-order chi connectivity index (χ0) is 10.7. The molecule has 1 fully saturated rings. The molecule has 0 radical (unpaired) electrons. The van der Waals surface area contributed by atoms with Crippen molar-refractivity contribution in [3.05, 3.63) is 34.4 Å². The van der Waals surface area contributed by atoms with Gasteiger partial charge in [0.2, 0.25) is 0 Å². The van der Waals surface area contributed by atoms with E-state index in [1.165, 1.54) is 36.5 Å². The van der Waals surface area contributed by atoms with E-state index in [0.29, 0.717) is 0 Å². The Morgan fingerprint density at radius 2 is 1.80 bits per heavy atom. The molecule has 0 aromatic heterocycles. The van der Waals surface area contributed by atoms with E-state index in [-0.39, 0.29) is 21.3 Å². The predicted molar refractivity (Wildman–Crippen MR) is 61.5 cm³/mol. The number of nitrogens with zero attached hydrogens (tertiary/aromatic N) is 2. The van der Waals surface area contributed by atoms with E-state index in [4.69, 9.17) is 0 Å². The topological polar surface area (TPSA) is 55.5 Å². The maximum Gasteiger partial charge on any atom is 0.269 e. The normalized spacial score (nSPS) is 16.5. The molecule has 1 heterocycles. The van der Waals surface area contributed by atoms with E-state index < -0.39 is 0 Å². The summed E-state index contributed by atoms with van der Waals surface area (Å²) in [5.41, 5.74) is 0.995. The average molecular weight is 224 g/mol. The Morgan fingerprint density at radius 3 is 2.33 bits per heavy atom. The minimum absolute atomic E-state index is 0.128. The zero-order valence-corrected chi connectivity index (χ0v) is 9.07. The van der Waals surface area contributed by atoms with Gasteiger partial charge in [-0.15, -0.1) is 0 Å². The van der Waals surface area contributed by atoms with Crippen LogP contribution in [0.2, 0.25) is 0 Å². The van der Waals surface area contributed by atoms with Crippen LogP contribution in [0, 0.1) is 10.1 Å². The molecule has 5 heteroatoms. The van der Waals surface area contributed by atoms with Gasteiger partial charge in [-0.05, 0) is 25.0 Å². The van der Waals surface area contributed by atoms with Crippen LogP contribution < -0.4 is 0 Å². The first-order valence-electron chi connectivity index (χ1n) is 4.89. The quantitative estimate of drug-likeness (QED) is 0.573. The van der Waals surface area contributed by atoms with E-state index in [9.17, 15) is 10.1 Å². The smallest absolute Gasteiger partial charge is 0.258 e. The summed E-state index contributed by atoms with van der Waals surface area (Å²) in [6.07, 6.45) is 2.53. The molecular formula is C10H12N2O2S. The van der Waals surface area contributed by atoms with Gasteiger partial charge in [0.15, 0.2) is 0 Å². The maximum atomic E-state index is 10.4. The molecule has 0 N–H and O–H groups in total. The molecule has 0 saturated carbocycles. The van der Waals surface area contributed by atoms with Gasteiger partial charge in [0.25, 0.3) is 5.69 Å². The molecule has 0 aliphatic carbocycles. The number of non-ortho nitro benzene ring substituents is 1. The zero-order valence-electron chi connectivity index (χ0n) is 8.26. The first-order valence-corrected chi connectivity index (χ1v) is 6.41. The highest BCUT2D eigenvalue weighted by Gasteiger charge is 2.07. The minimum Gasteiger partial charge on any atom is -0.258 e. The highest BCUT2D eigenvalue weighted by molar-refractivity contribution is 7.87. The van der Waals surface area contributed by atoms with Gasteiger partial charge < -0.3 is 0 Å². The van der Waals surface area contributed by atoms with Crippen LogP contribution in [0.1, 0.15) is 12.8 Å². The second-order valence-corrected chi connectivity index (χ2v) is 5.37. The van der Waals surface area contributed by atoms with Crippen molar-refractivity contribution in [1.82, 2.24) is 0 Å². The Balaban J connectivity index is 2.16. The number of rotatable bonds is 2. The molecule has 4 nitrogen and oxygen atoms in total. The fourth-order valence-electron chi connectivity index (χ4n) is 1.51. The highest BCUT2D eigenvalue weighted by atomic mass is 32.2. The molecule has 1 aromatic rings. The van der Waals surface area contributed by atoms with Crippen LogP contribution in [0.3, 0.4) is 0 Å². The van der Waals surface area contributed by atoms with Gasteiger partial charge in [0.1, 0.15) is 0 Å². The molecule has 0 bridgehead atoms. The van der Waals surface area contributed by atoms with Gasteiger partial charge >= 0.3 is 0 Å². The third kappa shape index (κ3) is 2.62. The van der Waals surface area contributed by atoms with Crippen molar-refractivity contribution < 1.29 is 4.92 Å². The van der Waals surface area contributed by atoms with Gasteiger partial charge in [-0.25, -0.2) is 4.36 Å². The monoisotopic (exact) mass is 224 g/mol. The van der Waals surface area contributed by atoms with Crippen LogP contribution >= 0.6 is 0 Å². The molecule has 1 aliphatic heterocycles. The van der Waals surface area contributed by atoms with Crippen molar-refractivity contribution in [3.63, 3.8) is 0 Å². The van der Waals surface area contributed by atoms with Crippen LogP contribution in [0.4, 0.5) is 11.4 Å². The maximum absolute atomic E-state index is 10.4. The van der Waals surface area contributed by atoms with E-state index >= 15 is 0 Å². The van der Waals surface area contributed by atoms with Crippen molar-refractivity contribution in [2.24, 2.45) is 4.36 Å². The van der Waals surface area contributed by atoms with Crippen LogP contribution in [-0.4, -0.2) is 16.4 Å². The van der Waals surface area contributed by atoms with E-state index in [1.807, 2.05) is 0 Å². The summed E-state index contributed by atoms with van der Waals surface area (Å²) >= 11 is 0.